The van der Waals surface area contributed by atoms with Gasteiger partial charge in [-0.15, -0.1) is 11.8 Å². The molecule has 2 heterocycles. The van der Waals surface area contributed by atoms with Crippen molar-refractivity contribution >= 4 is 28.5 Å². The summed E-state index contributed by atoms with van der Waals surface area (Å²) in [5.74, 6) is -1.08. The number of halogens is 4. The number of anilines is 1. The average molecular weight is 530 g/mol. The van der Waals surface area contributed by atoms with Gasteiger partial charge in [0.1, 0.15) is 5.82 Å². The lowest BCUT2D eigenvalue weighted by molar-refractivity contribution is -0.139. The molecule has 0 bridgehead atoms. The van der Waals surface area contributed by atoms with Crippen molar-refractivity contribution in [3.05, 3.63) is 29.6 Å². The Hall–Kier alpha value is -1.85. The van der Waals surface area contributed by atoms with Gasteiger partial charge in [-0.25, -0.2) is 9.18 Å². The van der Waals surface area contributed by atoms with E-state index >= 15 is 0 Å². The summed E-state index contributed by atoms with van der Waals surface area (Å²) in [7, 11) is 1.89. The molecular weight excluding hydrogens is 494 g/mol. The van der Waals surface area contributed by atoms with Crippen LogP contribution in [0.3, 0.4) is 0 Å². The third kappa shape index (κ3) is 6.72. The van der Waals surface area contributed by atoms with E-state index < -0.39 is 23.6 Å². The van der Waals surface area contributed by atoms with Gasteiger partial charge in [0.15, 0.2) is 0 Å². The standard InChI is InChI=1S/C25H35F4N5OS/c1-30-16-23-31-15-22(36-23)18-6-4-7-21(18)34(13-5-12-33-10-2-3-11-33)24(35)32-17-8-9-20(26)19(14-17)25(27,28)29/h8-9,14,18,21-22,30H,2-7,10-13,15-16H2,1H3,(H,32,35)/t18?,21-,22?/m1/s1. The topological polar surface area (TPSA) is 60.0 Å². The van der Waals surface area contributed by atoms with E-state index in [0.29, 0.717) is 12.6 Å². The van der Waals surface area contributed by atoms with Gasteiger partial charge >= 0.3 is 12.2 Å². The number of rotatable bonds is 9. The van der Waals surface area contributed by atoms with Crippen LogP contribution in [0.25, 0.3) is 0 Å². The zero-order chi connectivity index (χ0) is 25.7. The number of thioether (sulfide) groups is 1. The molecule has 1 aromatic carbocycles. The fourth-order valence-corrected chi connectivity index (χ4v) is 6.97. The summed E-state index contributed by atoms with van der Waals surface area (Å²) in [6, 6.07) is 2.18. The first-order chi connectivity index (χ1) is 17.3. The maximum absolute atomic E-state index is 13.8. The second-order valence-corrected chi connectivity index (χ2v) is 11.1. The molecule has 1 aliphatic carbocycles. The molecule has 6 nitrogen and oxygen atoms in total. The van der Waals surface area contributed by atoms with E-state index in [4.69, 9.17) is 0 Å². The van der Waals surface area contributed by atoms with Crippen molar-refractivity contribution in [3.8, 4) is 0 Å². The van der Waals surface area contributed by atoms with Crippen LogP contribution in [0, 0.1) is 11.7 Å². The lowest BCUT2D eigenvalue weighted by atomic mass is 9.97. The van der Waals surface area contributed by atoms with Crippen LogP contribution < -0.4 is 10.6 Å². The molecule has 2 aliphatic heterocycles. The molecular formula is C25H35F4N5OS. The molecule has 36 heavy (non-hydrogen) atoms. The van der Waals surface area contributed by atoms with E-state index in [1.165, 1.54) is 18.9 Å². The highest BCUT2D eigenvalue weighted by atomic mass is 32.2. The molecule has 1 saturated heterocycles. The molecule has 0 spiro atoms. The van der Waals surface area contributed by atoms with Gasteiger partial charge in [-0.1, -0.05) is 6.42 Å². The number of hydrogen-bond donors (Lipinski definition) is 2. The van der Waals surface area contributed by atoms with Gasteiger partial charge < -0.3 is 20.4 Å². The monoisotopic (exact) mass is 529 g/mol. The minimum Gasteiger partial charge on any atom is -0.321 e. The first kappa shape index (κ1) is 27.2. The first-order valence-electron chi connectivity index (χ1n) is 12.8. The van der Waals surface area contributed by atoms with Gasteiger partial charge in [0.2, 0.25) is 0 Å². The van der Waals surface area contributed by atoms with Crippen molar-refractivity contribution in [1.82, 2.24) is 15.1 Å². The molecule has 2 amide bonds. The molecule has 1 saturated carbocycles. The fraction of sp³-hybridized carbons (Fsp3) is 0.680. The van der Waals surface area contributed by atoms with Crippen LogP contribution in [-0.4, -0.2) is 78.5 Å². The van der Waals surface area contributed by atoms with Crippen molar-refractivity contribution in [1.29, 1.82) is 0 Å². The Kier molecular flexibility index (Phi) is 9.16. The molecule has 3 aliphatic rings. The maximum atomic E-state index is 13.8. The minimum atomic E-state index is -4.83. The van der Waals surface area contributed by atoms with Gasteiger partial charge in [-0.3, -0.25) is 4.99 Å². The first-order valence-corrected chi connectivity index (χ1v) is 13.7. The number of benzene rings is 1. The fourth-order valence-electron chi connectivity index (χ4n) is 5.61. The summed E-state index contributed by atoms with van der Waals surface area (Å²) in [6.07, 6.45) is 1.20. The van der Waals surface area contributed by atoms with Crippen molar-refractivity contribution in [3.63, 3.8) is 0 Å². The number of nitrogens with one attached hydrogen (secondary N) is 2. The number of nitrogens with zero attached hydrogens (tertiary/aromatic N) is 3. The number of likely N-dealkylation sites (tertiary alicyclic amines) is 1. The second kappa shape index (κ2) is 12.1. The van der Waals surface area contributed by atoms with E-state index in [9.17, 15) is 22.4 Å². The number of carbonyl (C=O) groups excluding carboxylic acids is 1. The maximum Gasteiger partial charge on any atom is 0.419 e. The molecule has 2 unspecified atom stereocenters. The summed E-state index contributed by atoms with van der Waals surface area (Å²) >= 11 is 1.77. The molecule has 1 aromatic rings. The molecule has 200 valence electrons. The van der Waals surface area contributed by atoms with Gasteiger partial charge in [-0.2, -0.15) is 13.2 Å². The van der Waals surface area contributed by atoms with Crippen molar-refractivity contribution in [2.24, 2.45) is 10.9 Å². The lowest BCUT2D eigenvalue weighted by Crippen LogP contribution is -2.48. The molecule has 11 heteroatoms. The lowest BCUT2D eigenvalue weighted by Gasteiger charge is -2.35. The Balaban J connectivity index is 1.48. The third-order valence-electron chi connectivity index (χ3n) is 7.33. The Morgan fingerprint density at radius 1 is 1.22 bits per heavy atom. The van der Waals surface area contributed by atoms with Crippen LogP contribution in [0.2, 0.25) is 0 Å². The van der Waals surface area contributed by atoms with Crippen LogP contribution in [0.1, 0.15) is 44.1 Å². The summed E-state index contributed by atoms with van der Waals surface area (Å²) in [5.41, 5.74) is -1.43. The molecule has 2 N–H and O–H groups in total. The summed E-state index contributed by atoms with van der Waals surface area (Å²) in [4.78, 5) is 22.4. The number of alkyl halides is 3. The second-order valence-electron chi connectivity index (χ2n) is 9.80. The number of urea groups is 1. The molecule has 0 radical (unpaired) electrons. The van der Waals surface area contributed by atoms with Gasteiger partial charge in [-0.05, 0) is 82.9 Å². The summed E-state index contributed by atoms with van der Waals surface area (Å²) < 4.78 is 53.4. The average Bonchev–Trinajstić information content (AvgIpc) is 3.59. The van der Waals surface area contributed by atoms with E-state index in [0.717, 1.165) is 69.5 Å². The van der Waals surface area contributed by atoms with Gasteiger partial charge in [0, 0.05) is 30.1 Å². The third-order valence-corrected chi connectivity index (χ3v) is 8.68. The minimum absolute atomic E-state index is 0.00671. The van der Waals surface area contributed by atoms with Crippen LogP contribution in [-0.2, 0) is 6.18 Å². The summed E-state index contributed by atoms with van der Waals surface area (Å²) in [6.45, 7) is 5.00. The van der Waals surface area contributed by atoms with Crippen LogP contribution >= 0.6 is 11.8 Å². The highest BCUT2D eigenvalue weighted by Crippen LogP contribution is 2.40. The quantitative estimate of drug-likeness (QED) is 0.439. The van der Waals surface area contributed by atoms with E-state index in [2.05, 4.69) is 20.5 Å². The highest BCUT2D eigenvalue weighted by molar-refractivity contribution is 8.14. The Bertz CT molecular complexity index is 938. The van der Waals surface area contributed by atoms with Crippen molar-refractivity contribution in [2.45, 2.75) is 56.0 Å². The largest absolute Gasteiger partial charge is 0.419 e. The smallest absolute Gasteiger partial charge is 0.321 e. The van der Waals surface area contributed by atoms with E-state index in [1.807, 2.05) is 11.9 Å². The molecule has 0 aromatic heterocycles. The number of carbonyl (C=O) groups is 1. The molecule has 2 fully saturated rings. The Morgan fingerprint density at radius 3 is 2.72 bits per heavy atom. The summed E-state index contributed by atoms with van der Waals surface area (Å²) in [5, 5.41) is 7.14. The zero-order valence-corrected chi connectivity index (χ0v) is 21.4. The molecule has 3 atom stereocenters. The predicted octanol–water partition coefficient (Wildman–Crippen LogP) is 5.07. The van der Waals surface area contributed by atoms with Crippen LogP contribution in [0.4, 0.5) is 28.0 Å². The number of amides is 2. The van der Waals surface area contributed by atoms with E-state index in [-0.39, 0.29) is 22.9 Å². The van der Waals surface area contributed by atoms with Crippen LogP contribution in [0.15, 0.2) is 23.2 Å². The zero-order valence-electron chi connectivity index (χ0n) is 20.6. The van der Waals surface area contributed by atoms with Crippen LogP contribution in [0.5, 0.6) is 0 Å². The Morgan fingerprint density at radius 2 is 2.00 bits per heavy atom. The van der Waals surface area contributed by atoms with Gasteiger partial charge in [0.05, 0.1) is 17.2 Å². The highest BCUT2D eigenvalue weighted by Gasteiger charge is 2.41. The molecule has 4 rings (SSSR count). The number of hydrogen-bond acceptors (Lipinski definition) is 5. The SMILES string of the molecule is CNCC1=NCC(C2CCC[C@H]2N(CCCN2CCCC2)C(=O)Nc2ccc(F)c(C(F)(F)F)c2)S1. The predicted molar refractivity (Wildman–Crippen MR) is 136 cm³/mol. The van der Waals surface area contributed by atoms with E-state index in [1.54, 1.807) is 11.8 Å². The van der Waals surface area contributed by atoms with Crippen molar-refractivity contribution < 1.29 is 22.4 Å². The normalized spacial score (nSPS) is 24.8. The Labute approximate surface area is 214 Å². The van der Waals surface area contributed by atoms with Gasteiger partial charge in [0.25, 0.3) is 0 Å². The number of aliphatic imine (C=N–C) groups is 1. The van der Waals surface area contributed by atoms with Crippen molar-refractivity contribution in [2.75, 3.05) is 51.6 Å².